The zero-order valence-corrected chi connectivity index (χ0v) is 13.2. The minimum Gasteiger partial charge on any atom is -0.493 e. The van der Waals surface area contributed by atoms with Gasteiger partial charge in [0.1, 0.15) is 0 Å². The van der Waals surface area contributed by atoms with Crippen LogP contribution in [0.1, 0.15) is 50.6 Å². The van der Waals surface area contributed by atoms with Crippen LogP contribution in [0.15, 0.2) is 18.2 Å². The van der Waals surface area contributed by atoms with Gasteiger partial charge in [0.05, 0.1) is 13.7 Å². The average molecular weight is 300 g/mol. The summed E-state index contributed by atoms with van der Waals surface area (Å²) in [6.07, 6.45) is 6.48. The van der Waals surface area contributed by atoms with Gasteiger partial charge in [-0.25, -0.2) is 0 Å². The summed E-state index contributed by atoms with van der Waals surface area (Å²) >= 11 is 0. The van der Waals surface area contributed by atoms with Crippen LogP contribution < -0.4 is 15.2 Å². The Morgan fingerprint density at radius 3 is 2.50 bits per heavy atom. The number of halogens is 1. The van der Waals surface area contributed by atoms with E-state index in [0.717, 1.165) is 17.1 Å². The number of nitrogens with two attached hydrogens (primary N) is 1. The Morgan fingerprint density at radius 1 is 1.20 bits per heavy atom. The first kappa shape index (κ1) is 17.1. The Labute approximate surface area is 128 Å². The van der Waals surface area contributed by atoms with E-state index in [4.69, 9.17) is 15.2 Å². The number of hydrogen-bond acceptors (Lipinski definition) is 3. The molecule has 0 bridgehead atoms. The molecular formula is C16H26ClNO2. The molecule has 0 aromatic heterocycles. The van der Waals surface area contributed by atoms with E-state index in [-0.39, 0.29) is 18.4 Å². The molecule has 0 saturated heterocycles. The molecule has 2 rings (SSSR count). The van der Waals surface area contributed by atoms with Gasteiger partial charge in [-0.3, -0.25) is 0 Å². The van der Waals surface area contributed by atoms with Gasteiger partial charge in [-0.15, -0.1) is 12.4 Å². The van der Waals surface area contributed by atoms with Crippen molar-refractivity contribution in [3.63, 3.8) is 0 Å². The summed E-state index contributed by atoms with van der Waals surface area (Å²) in [6.45, 7) is 2.62. The second-order valence-electron chi connectivity index (χ2n) is 5.27. The maximum atomic E-state index is 6.43. The highest BCUT2D eigenvalue weighted by molar-refractivity contribution is 5.85. The Bertz CT molecular complexity index is 405. The number of methoxy groups -OCH3 is 1. The first-order chi connectivity index (χ1) is 9.26. The first-order valence-corrected chi connectivity index (χ1v) is 7.32. The van der Waals surface area contributed by atoms with Gasteiger partial charge in [-0.1, -0.05) is 25.3 Å². The van der Waals surface area contributed by atoms with E-state index < -0.39 is 0 Å². The molecule has 0 spiro atoms. The lowest BCUT2D eigenvalue weighted by molar-refractivity contribution is 0.300. The Kier molecular flexibility index (Phi) is 7.17. The minimum atomic E-state index is 0. The van der Waals surface area contributed by atoms with Gasteiger partial charge < -0.3 is 15.2 Å². The predicted molar refractivity (Wildman–Crippen MR) is 84.9 cm³/mol. The van der Waals surface area contributed by atoms with Crippen molar-refractivity contribution in [3.8, 4) is 11.5 Å². The number of hydrogen-bond donors (Lipinski definition) is 1. The van der Waals surface area contributed by atoms with Crippen molar-refractivity contribution in [3.05, 3.63) is 23.8 Å². The zero-order chi connectivity index (χ0) is 13.7. The molecule has 0 amide bonds. The van der Waals surface area contributed by atoms with Crippen molar-refractivity contribution < 1.29 is 9.47 Å². The van der Waals surface area contributed by atoms with Crippen LogP contribution in [0.5, 0.6) is 11.5 Å². The molecule has 1 atom stereocenters. The fraction of sp³-hybridized carbons (Fsp3) is 0.625. The van der Waals surface area contributed by atoms with Crippen LogP contribution in [0, 0.1) is 5.92 Å². The Balaban J connectivity index is 0.00000200. The molecule has 0 unspecified atom stereocenters. The SMILES string of the molecule is CCOc1cc([C@H](N)C2CCCCC2)ccc1OC.Cl. The van der Waals surface area contributed by atoms with Gasteiger partial charge in [0.2, 0.25) is 0 Å². The third-order valence-electron chi connectivity index (χ3n) is 4.03. The van der Waals surface area contributed by atoms with Gasteiger partial charge in [0.15, 0.2) is 11.5 Å². The van der Waals surface area contributed by atoms with Crippen molar-refractivity contribution in [1.82, 2.24) is 0 Å². The van der Waals surface area contributed by atoms with Crippen LogP contribution in [0.3, 0.4) is 0 Å². The summed E-state index contributed by atoms with van der Waals surface area (Å²) < 4.78 is 10.9. The fourth-order valence-electron chi connectivity index (χ4n) is 2.93. The van der Waals surface area contributed by atoms with E-state index in [1.165, 1.54) is 32.1 Å². The monoisotopic (exact) mass is 299 g/mol. The van der Waals surface area contributed by atoms with Crippen LogP contribution in [0.2, 0.25) is 0 Å². The van der Waals surface area contributed by atoms with Gasteiger partial charge in [-0.2, -0.15) is 0 Å². The molecule has 4 heteroatoms. The van der Waals surface area contributed by atoms with Crippen molar-refractivity contribution >= 4 is 12.4 Å². The second kappa shape index (κ2) is 8.38. The largest absolute Gasteiger partial charge is 0.493 e. The van der Waals surface area contributed by atoms with E-state index in [1.807, 2.05) is 19.1 Å². The molecule has 1 fully saturated rings. The molecule has 1 aliphatic carbocycles. The molecule has 1 aromatic carbocycles. The van der Waals surface area contributed by atoms with Crippen LogP contribution >= 0.6 is 12.4 Å². The molecule has 1 saturated carbocycles. The lowest BCUT2D eigenvalue weighted by Crippen LogP contribution is -2.23. The molecule has 0 heterocycles. The van der Waals surface area contributed by atoms with E-state index in [9.17, 15) is 0 Å². The fourth-order valence-corrected chi connectivity index (χ4v) is 2.93. The maximum absolute atomic E-state index is 6.43. The third-order valence-corrected chi connectivity index (χ3v) is 4.03. The summed E-state index contributed by atoms with van der Waals surface area (Å²) in [5.74, 6) is 2.19. The molecule has 114 valence electrons. The minimum absolute atomic E-state index is 0. The van der Waals surface area contributed by atoms with E-state index >= 15 is 0 Å². The van der Waals surface area contributed by atoms with Crippen LogP contribution in [-0.4, -0.2) is 13.7 Å². The van der Waals surface area contributed by atoms with Crippen LogP contribution in [0.4, 0.5) is 0 Å². The lowest BCUT2D eigenvalue weighted by atomic mass is 9.81. The summed E-state index contributed by atoms with van der Waals surface area (Å²) in [6, 6.07) is 6.19. The average Bonchev–Trinajstić information content (AvgIpc) is 2.47. The molecular weight excluding hydrogens is 274 g/mol. The lowest BCUT2D eigenvalue weighted by Gasteiger charge is -2.28. The highest BCUT2D eigenvalue weighted by atomic mass is 35.5. The Hall–Kier alpha value is -0.930. The van der Waals surface area contributed by atoms with Crippen LogP contribution in [0.25, 0.3) is 0 Å². The van der Waals surface area contributed by atoms with Crippen molar-refractivity contribution in [1.29, 1.82) is 0 Å². The number of rotatable bonds is 5. The molecule has 20 heavy (non-hydrogen) atoms. The smallest absolute Gasteiger partial charge is 0.161 e. The van der Waals surface area contributed by atoms with Gasteiger partial charge in [0.25, 0.3) is 0 Å². The summed E-state index contributed by atoms with van der Waals surface area (Å²) in [5, 5.41) is 0. The number of benzene rings is 1. The molecule has 2 N–H and O–H groups in total. The topological polar surface area (TPSA) is 44.5 Å². The summed E-state index contributed by atoms with van der Waals surface area (Å²) in [4.78, 5) is 0. The summed E-state index contributed by atoms with van der Waals surface area (Å²) in [7, 11) is 1.67. The molecule has 0 aliphatic heterocycles. The van der Waals surface area contributed by atoms with E-state index in [0.29, 0.717) is 12.5 Å². The molecule has 3 nitrogen and oxygen atoms in total. The van der Waals surface area contributed by atoms with Gasteiger partial charge in [-0.05, 0) is 43.4 Å². The first-order valence-electron chi connectivity index (χ1n) is 7.32. The predicted octanol–water partition coefficient (Wildman–Crippen LogP) is 4.10. The van der Waals surface area contributed by atoms with Crippen LogP contribution in [-0.2, 0) is 0 Å². The summed E-state index contributed by atoms with van der Waals surface area (Å²) in [5.41, 5.74) is 7.59. The highest BCUT2D eigenvalue weighted by Gasteiger charge is 2.22. The maximum Gasteiger partial charge on any atom is 0.161 e. The normalized spacial score (nSPS) is 17.1. The van der Waals surface area contributed by atoms with Crippen molar-refractivity contribution in [2.75, 3.05) is 13.7 Å². The van der Waals surface area contributed by atoms with Crippen molar-refractivity contribution in [2.24, 2.45) is 11.7 Å². The third kappa shape index (κ3) is 4.03. The molecule has 0 radical (unpaired) electrons. The zero-order valence-electron chi connectivity index (χ0n) is 12.4. The number of ether oxygens (including phenoxy) is 2. The second-order valence-corrected chi connectivity index (χ2v) is 5.27. The molecule has 1 aliphatic rings. The van der Waals surface area contributed by atoms with Crippen molar-refractivity contribution in [2.45, 2.75) is 45.1 Å². The van der Waals surface area contributed by atoms with Gasteiger partial charge in [0, 0.05) is 6.04 Å². The highest BCUT2D eigenvalue weighted by Crippen LogP contribution is 2.36. The van der Waals surface area contributed by atoms with E-state index in [1.54, 1.807) is 7.11 Å². The standard InChI is InChI=1S/C16H25NO2.ClH/c1-3-19-15-11-13(9-10-14(15)18-2)16(17)12-7-5-4-6-8-12;/h9-12,16H,3-8,17H2,1-2H3;1H/t16-;/m1./s1. The molecule has 1 aromatic rings. The quantitative estimate of drug-likeness (QED) is 0.890. The van der Waals surface area contributed by atoms with Gasteiger partial charge >= 0.3 is 0 Å². The Morgan fingerprint density at radius 2 is 1.90 bits per heavy atom. The van der Waals surface area contributed by atoms with E-state index in [2.05, 4.69) is 6.07 Å².